The highest BCUT2D eigenvalue weighted by atomic mass is 19.3. The number of hydrogen-bond donors (Lipinski definition) is 3. The van der Waals surface area contributed by atoms with Gasteiger partial charge in [0.05, 0.1) is 25.1 Å². The molecule has 0 saturated carbocycles. The lowest BCUT2D eigenvalue weighted by atomic mass is 9.76. The quantitative estimate of drug-likeness (QED) is 0.250. The Morgan fingerprint density at radius 2 is 2.03 bits per heavy atom. The smallest absolute Gasteiger partial charge is 0.447 e. The lowest BCUT2D eigenvalue weighted by Gasteiger charge is -2.33. The summed E-state index contributed by atoms with van der Waals surface area (Å²) in [7, 11) is -1.87. The molecule has 1 aromatic rings. The maximum Gasteiger partial charge on any atom is 0.475 e. The van der Waals surface area contributed by atoms with Crippen molar-refractivity contribution < 1.29 is 37.5 Å². The van der Waals surface area contributed by atoms with Gasteiger partial charge in [-0.2, -0.15) is 5.26 Å². The van der Waals surface area contributed by atoms with Crippen LogP contribution < -0.4 is 5.32 Å². The molecule has 3 atom stereocenters. The molecular weight excluding hydrogens is 504 g/mol. The van der Waals surface area contributed by atoms with Crippen LogP contribution in [0.4, 0.5) is 18.0 Å². The van der Waals surface area contributed by atoms with Crippen LogP contribution in [-0.4, -0.2) is 94.8 Å². The number of alkyl carbamates (subject to hydrolysis) is 1. The number of carbonyl (C=O) groups excluding carboxylic acids is 2. The number of benzene rings is 1. The number of hydrogen-bond acceptors (Lipinski definition) is 7. The van der Waals surface area contributed by atoms with Crippen LogP contribution in [0.2, 0.25) is 0 Å². The van der Waals surface area contributed by atoms with Crippen molar-refractivity contribution >= 4 is 19.1 Å². The fourth-order valence-corrected chi connectivity index (χ4v) is 4.70. The van der Waals surface area contributed by atoms with Gasteiger partial charge >= 0.3 is 13.2 Å². The number of carbonyl (C=O) groups is 2. The summed E-state index contributed by atoms with van der Waals surface area (Å²) in [4.78, 5) is 28.1. The van der Waals surface area contributed by atoms with Crippen LogP contribution in [0.5, 0.6) is 0 Å². The third kappa shape index (κ3) is 7.72. The maximum atomic E-state index is 14.3. The Labute approximate surface area is 220 Å². The molecule has 2 saturated heterocycles. The Balaban J connectivity index is 1.63. The van der Waals surface area contributed by atoms with Gasteiger partial charge in [-0.15, -0.1) is 0 Å². The molecule has 2 aliphatic heterocycles. The number of nitriles is 1. The molecule has 13 heteroatoms. The minimum atomic E-state index is -2.85. The highest BCUT2D eigenvalue weighted by molar-refractivity contribution is 6.43. The van der Waals surface area contributed by atoms with Crippen molar-refractivity contribution in [1.29, 1.82) is 5.26 Å². The van der Waals surface area contributed by atoms with Gasteiger partial charge in [0.1, 0.15) is 24.4 Å². The largest absolute Gasteiger partial charge is 0.475 e. The predicted molar refractivity (Wildman–Crippen MR) is 133 cm³/mol. The summed E-state index contributed by atoms with van der Waals surface area (Å²) in [5.41, 5.74) is -0.601. The number of likely N-dealkylation sites (tertiary alicyclic amines) is 2. The van der Waals surface area contributed by atoms with Crippen LogP contribution in [0.3, 0.4) is 0 Å². The number of rotatable bonds is 9. The number of amides is 2. The molecule has 9 nitrogen and oxygen atoms in total. The van der Waals surface area contributed by atoms with Crippen molar-refractivity contribution in [2.24, 2.45) is 0 Å². The Hall–Kier alpha value is -3.08. The molecule has 3 rings (SSSR count). The van der Waals surface area contributed by atoms with E-state index in [1.807, 2.05) is 0 Å². The van der Waals surface area contributed by atoms with Crippen molar-refractivity contribution in [3.63, 3.8) is 0 Å². The van der Waals surface area contributed by atoms with E-state index in [1.54, 1.807) is 50.2 Å². The summed E-state index contributed by atoms with van der Waals surface area (Å²) in [6.45, 7) is 2.12. The van der Waals surface area contributed by atoms with Crippen LogP contribution in [0.25, 0.3) is 0 Å². The van der Waals surface area contributed by atoms with Crippen LogP contribution in [-0.2, 0) is 16.0 Å². The molecule has 38 heavy (non-hydrogen) atoms. The van der Waals surface area contributed by atoms with Crippen LogP contribution in [0.1, 0.15) is 32.3 Å². The van der Waals surface area contributed by atoms with Crippen molar-refractivity contribution in [3.8, 4) is 6.07 Å². The average Bonchev–Trinajstić information content (AvgIpc) is 3.42. The van der Waals surface area contributed by atoms with E-state index in [0.717, 1.165) is 10.5 Å². The maximum absolute atomic E-state index is 14.3. The Morgan fingerprint density at radius 3 is 2.61 bits per heavy atom. The van der Waals surface area contributed by atoms with Crippen LogP contribution in [0.15, 0.2) is 42.0 Å². The van der Waals surface area contributed by atoms with Gasteiger partial charge in [0, 0.05) is 24.9 Å². The number of halogens is 3. The fraction of sp³-hybridized carbons (Fsp3) is 0.560. The summed E-state index contributed by atoms with van der Waals surface area (Å²) in [5, 5.41) is 31.3. The summed E-state index contributed by atoms with van der Waals surface area (Å²) in [6.07, 6.45) is -1.42. The standard InChI is InChI=1S/C25H32BF3N4O5/c1-24(2,32-9-8-25(28,29)16-32)12-18(13-30)22(34)33-14-19(27)11-20(33)15-38-23(35)31-21(26(36)37)10-17-6-4-3-5-7-17/h3-7,12,19-21,36-37H,8-11,14-16H2,1-2H3,(H,31,35)/b18-12+/t19-,20+,21-/m0/s1. The first-order valence-electron chi connectivity index (χ1n) is 12.4. The highest BCUT2D eigenvalue weighted by Crippen LogP contribution is 2.33. The van der Waals surface area contributed by atoms with Crippen molar-refractivity contribution in [3.05, 3.63) is 47.5 Å². The second kappa shape index (κ2) is 12.2. The molecule has 0 radical (unpaired) electrons. The van der Waals surface area contributed by atoms with Gasteiger partial charge in [0.15, 0.2) is 0 Å². The Morgan fingerprint density at radius 1 is 1.34 bits per heavy atom. The number of nitrogens with one attached hydrogen (secondary N) is 1. The summed E-state index contributed by atoms with van der Waals surface area (Å²) in [6, 6.07) is 9.75. The molecule has 0 spiro atoms. The highest BCUT2D eigenvalue weighted by Gasteiger charge is 2.44. The average molecular weight is 536 g/mol. The molecule has 2 aliphatic rings. The van der Waals surface area contributed by atoms with Crippen molar-refractivity contribution in [1.82, 2.24) is 15.1 Å². The molecule has 1 aromatic carbocycles. The predicted octanol–water partition coefficient (Wildman–Crippen LogP) is 1.84. The molecule has 0 unspecified atom stereocenters. The first-order chi connectivity index (χ1) is 17.8. The monoisotopic (exact) mass is 536 g/mol. The molecule has 2 fully saturated rings. The molecule has 0 aliphatic carbocycles. The van der Waals surface area contributed by atoms with E-state index < -0.39 is 61.9 Å². The van der Waals surface area contributed by atoms with Gasteiger partial charge in [-0.3, -0.25) is 9.69 Å². The zero-order valence-corrected chi connectivity index (χ0v) is 21.3. The lowest BCUT2D eigenvalue weighted by Crippen LogP contribution is -2.49. The van der Waals surface area contributed by atoms with Gasteiger partial charge in [-0.25, -0.2) is 18.0 Å². The summed E-state index contributed by atoms with van der Waals surface area (Å²) < 4.78 is 46.9. The van der Waals surface area contributed by atoms with E-state index in [1.165, 1.54) is 11.0 Å². The lowest BCUT2D eigenvalue weighted by molar-refractivity contribution is -0.128. The van der Waals surface area contributed by atoms with E-state index in [2.05, 4.69) is 5.32 Å². The molecule has 206 valence electrons. The van der Waals surface area contributed by atoms with Gasteiger partial charge in [0.2, 0.25) is 0 Å². The molecule has 2 heterocycles. The minimum absolute atomic E-state index is 0.0963. The first-order valence-corrected chi connectivity index (χ1v) is 12.4. The molecule has 0 aromatic heterocycles. The summed E-state index contributed by atoms with van der Waals surface area (Å²) in [5.74, 6) is -4.71. The first kappa shape index (κ1) is 29.5. The zero-order valence-electron chi connectivity index (χ0n) is 21.3. The second-order valence-corrected chi connectivity index (χ2v) is 10.2. The number of nitrogens with zero attached hydrogens (tertiary/aromatic N) is 3. The van der Waals surface area contributed by atoms with E-state index >= 15 is 0 Å². The van der Waals surface area contributed by atoms with Crippen LogP contribution >= 0.6 is 0 Å². The molecule has 3 N–H and O–H groups in total. The molecule has 0 bridgehead atoms. The van der Waals surface area contributed by atoms with Gasteiger partial charge < -0.3 is 25.0 Å². The van der Waals surface area contributed by atoms with Crippen molar-refractivity contribution in [2.45, 2.75) is 62.7 Å². The van der Waals surface area contributed by atoms with Gasteiger partial charge in [-0.1, -0.05) is 30.3 Å². The zero-order chi connectivity index (χ0) is 28.1. The summed E-state index contributed by atoms with van der Waals surface area (Å²) >= 11 is 0. The van der Waals surface area contributed by atoms with Gasteiger partial charge in [0.25, 0.3) is 11.8 Å². The third-order valence-corrected chi connectivity index (χ3v) is 6.83. The van der Waals surface area contributed by atoms with E-state index in [-0.39, 0.29) is 37.9 Å². The van der Waals surface area contributed by atoms with Crippen molar-refractivity contribution in [2.75, 3.05) is 26.2 Å². The van der Waals surface area contributed by atoms with E-state index in [9.17, 15) is 38.1 Å². The minimum Gasteiger partial charge on any atom is -0.447 e. The second-order valence-electron chi connectivity index (χ2n) is 10.2. The normalized spacial score (nSPS) is 22.6. The Bertz CT molecular complexity index is 1070. The number of alkyl halides is 3. The van der Waals surface area contributed by atoms with E-state index in [0.29, 0.717) is 0 Å². The topological polar surface area (TPSA) is 126 Å². The number of ether oxygens (including phenoxy) is 1. The Kier molecular flexibility index (Phi) is 9.46. The molecule has 2 amide bonds. The fourth-order valence-electron chi connectivity index (χ4n) is 4.70. The van der Waals surface area contributed by atoms with Crippen LogP contribution in [0, 0.1) is 11.3 Å². The SMILES string of the molecule is CC(C)(/C=C(\C#N)C(=O)N1C[C@@H](F)C[C@@H]1COC(=O)N[C@@H](Cc1ccccc1)B(O)O)N1CCC(F)(F)C1. The molecular formula is C25H32BF3N4O5. The third-order valence-electron chi connectivity index (χ3n) is 6.83. The van der Waals surface area contributed by atoms with Gasteiger partial charge in [-0.05, 0) is 31.9 Å². The van der Waals surface area contributed by atoms with E-state index in [4.69, 9.17) is 4.74 Å².